The number of aromatic carboxylic acids is 2. The van der Waals surface area contributed by atoms with E-state index in [1.807, 2.05) is 0 Å². The largest absolute Gasteiger partial charge is 0.477 e. The number of carbonyl (C=O) groups is 3. The molecule has 0 saturated heterocycles. The second-order valence-corrected chi connectivity index (χ2v) is 2.81. The van der Waals surface area contributed by atoms with Gasteiger partial charge in [0.1, 0.15) is 5.75 Å². The molecule has 1 heterocycles. The van der Waals surface area contributed by atoms with Gasteiger partial charge in [-0.15, -0.1) is 0 Å². The molecule has 17 heavy (non-hydrogen) atoms. The molecule has 0 atom stereocenters. The first-order chi connectivity index (χ1) is 7.93. The van der Waals surface area contributed by atoms with Crippen molar-refractivity contribution in [2.75, 3.05) is 0 Å². The van der Waals surface area contributed by atoms with E-state index in [2.05, 4.69) is 16.3 Å². The zero-order chi connectivity index (χ0) is 13.0. The Balaban J connectivity index is 3.21. The van der Waals surface area contributed by atoms with Crippen molar-refractivity contribution in [1.82, 2.24) is 4.98 Å². The maximum absolute atomic E-state index is 10.9. The van der Waals surface area contributed by atoms with Crippen LogP contribution in [0.2, 0.25) is 0 Å². The predicted molar refractivity (Wildman–Crippen MR) is 54.0 cm³/mol. The summed E-state index contributed by atoms with van der Waals surface area (Å²) in [6, 6.07) is 1.88. The minimum atomic E-state index is -1.43. The molecule has 0 saturated carbocycles. The summed E-state index contributed by atoms with van der Waals surface area (Å²) in [6.07, 6.45) is 0.862. The number of carbonyl (C=O) groups excluding carboxylic acids is 1. The first-order valence-electron chi connectivity index (χ1n) is 4.27. The van der Waals surface area contributed by atoms with Crippen LogP contribution < -0.4 is 4.74 Å². The van der Waals surface area contributed by atoms with Crippen molar-refractivity contribution >= 4 is 17.9 Å². The van der Waals surface area contributed by atoms with E-state index in [1.165, 1.54) is 0 Å². The topological polar surface area (TPSA) is 114 Å². The fourth-order valence-electron chi connectivity index (χ4n) is 0.941. The number of ether oxygens (including phenoxy) is 1. The molecule has 7 nitrogen and oxygen atoms in total. The van der Waals surface area contributed by atoms with Crippen LogP contribution in [0.15, 0.2) is 24.8 Å². The highest BCUT2D eigenvalue weighted by Crippen LogP contribution is 2.15. The van der Waals surface area contributed by atoms with E-state index in [1.54, 1.807) is 0 Å². The minimum absolute atomic E-state index is 0.222. The van der Waals surface area contributed by atoms with E-state index in [0.717, 1.165) is 18.2 Å². The van der Waals surface area contributed by atoms with Gasteiger partial charge < -0.3 is 14.9 Å². The van der Waals surface area contributed by atoms with Gasteiger partial charge in [-0.2, -0.15) is 0 Å². The van der Waals surface area contributed by atoms with Crippen LogP contribution in [0.25, 0.3) is 0 Å². The number of esters is 1. The number of pyridine rings is 1. The Labute approximate surface area is 95.0 Å². The first kappa shape index (κ1) is 12.4. The number of carboxylic acid groups (broad SMARTS) is 2. The van der Waals surface area contributed by atoms with Gasteiger partial charge in [-0.1, -0.05) is 6.58 Å². The lowest BCUT2D eigenvalue weighted by molar-refractivity contribution is -0.128. The van der Waals surface area contributed by atoms with Crippen LogP contribution in [0.5, 0.6) is 5.75 Å². The Morgan fingerprint density at radius 1 is 1.18 bits per heavy atom. The molecule has 0 amide bonds. The Bertz CT molecular complexity index is 475. The molecule has 0 aromatic carbocycles. The average molecular weight is 237 g/mol. The number of rotatable bonds is 4. The standard InChI is InChI=1S/C10H7NO6/c1-2-8(12)17-5-3-6(9(13)14)11-7(4-5)10(15)16/h2-4H,1H2,(H,13,14)(H,15,16). The van der Waals surface area contributed by atoms with Crippen LogP contribution in [0.3, 0.4) is 0 Å². The smallest absolute Gasteiger partial charge is 0.354 e. The monoisotopic (exact) mass is 237 g/mol. The molecule has 0 aliphatic rings. The zero-order valence-electron chi connectivity index (χ0n) is 8.41. The quantitative estimate of drug-likeness (QED) is 0.581. The van der Waals surface area contributed by atoms with E-state index in [9.17, 15) is 14.4 Å². The Morgan fingerprint density at radius 2 is 1.65 bits per heavy atom. The highest BCUT2D eigenvalue weighted by atomic mass is 16.5. The minimum Gasteiger partial charge on any atom is -0.477 e. The van der Waals surface area contributed by atoms with Crippen LogP contribution in [0.1, 0.15) is 21.0 Å². The summed E-state index contributed by atoms with van der Waals surface area (Å²) < 4.78 is 4.62. The van der Waals surface area contributed by atoms with Gasteiger partial charge in [-0.05, 0) is 0 Å². The number of nitrogens with zero attached hydrogens (tertiary/aromatic N) is 1. The molecule has 0 aliphatic carbocycles. The Hall–Kier alpha value is -2.70. The lowest BCUT2D eigenvalue weighted by atomic mass is 10.3. The molecule has 1 rings (SSSR count). The Morgan fingerprint density at radius 3 is 2.00 bits per heavy atom. The molecule has 0 aliphatic heterocycles. The fourth-order valence-corrected chi connectivity index (χ4v) is 0.941. The van der Waals surface area contributed by atoms with E-state index >= 15 is 0 Å². The molecule has 2 N–H and O–H groups in total. The second kappa shape index (κ2) is 4.88. The van der Waals surface area contributed by atoms with Gasteiger partial charge in [0.2, 0.25) is 0 Å². The SMILES string of the molecule is C=CC(=O)Oc1cc(C(=O)O)nc(C(=O)O)c1. The zero-order valence-corrected chi connectivity index (χ0v) is 8.41. The van der Waals surface area contributed by atoms with Crippen molar-refractivity contribution in [2.24, 2.45) is 0 Å². The molecular formula is C10H7NO6. The first-order valence-corrected chi connectivity index (χ1v) is 4.27. The van der Waals surface area contributed by atoms with E-state index in [4.69, 9.17) is 10.2 Å². The van der Waals surface area contributed by atoms with Crippen LogP contribution in [-0.2, 0) is 4.79 Å². The highest BCUT2D eigenvalue weighted by Gasteiger charge is 2.14. The van der Waals surface area contributed by atoms with Gasteiger partial charge in [0.25, 0.3) is 0 Å². The maximum Gasteiger partial charge on any atom is 0.354 e. The summed E-state index contributed by atoms with van der Waals surface area (Å²) >= 11 is 0. The van der Waals surface area contributed by atoms with Crippen LogP contribution in [0, 0.1) is 0 Å². The van der Waals surface area contributed by atoms with Crippen molar-refractivity contribution in [2.45, 2.75) is 0 Å². The number of carboxylic acids is 2. The lowest BCUT2D eigenvalue weighted by Gasteiger charge is -2.03. The summed E-state index contributed by atoms with van der Waals surface area (Å²) in [5.74, 6) is -3.91. The summed E-state index contributed by atoms with van der Waals surface area (Å²) in [6.45, 7) is 3.15. The molecule has 0 unspecified atom stereocenters. The normalized spacial score (nSPS) is 9.41. The average Bonchev–Trinajstić information content (AvgIpc) is 2.28. The number of hydrogen-bond acceptors (Lipinski definition) is 5. The molecule has 0 spiro atoms. The van der Waals surface area contributed by atoms with E-state index < -0.39 is 29.3 Å². The fraction of sp³-hybridized carbons (Fsp3) is 0. The van der Waals surface area contributed by atoms with Crippen molar-refractivity contribution < 1.29 is 29.3 Å². The van der Waals surface area contributed by atoms with Crippen molar-refractivity contribution in [3.63, 3.8) is 0 Å². The second-order valence-electron chi connectivity index (χ2n) is 2.81. The predicted octanol–water partition coefficient (Wildman–Crippen LogP) is 0.569. The van der Waals surface area contributed by atoms with Crippen molar-refractivity contribution in [3.8, 4) is 5.75 Å². The van der Waals surface area contributed by atoms with Gasteiger partial charge in [-0.3, -0.25) is 0 Å². The molecule has 88 valence electrons. The van der Waals surface area contributed by atoms with E-state index in [0.29, 0.717) is 0 Å². The third-order valence-electron chi connectivity index (χ3n) is 1.62. The summed E-state index contributed by atoms with van der Waals surface area (Å²) in [5.41, 5.74) is -1.06. The molecule has 1 aromatic rings. The molecule has 1 aromatic heterocycles. The highest BCUT2D eigenvalue weighted by molar-refractivity contribution is 5.91. The molecule has 7 heteroatoms. The Kier molecular flexibility index (Phi) is 3.55. The summed E-state index contributed by atoms with van der Waals surface area (Å²) in [7, 11) is 0. The molecule has 0 fully saturated rings. The lowest BCUT2D eigenvalue weighted by Crippen LogP contribution is -2.10. The van der Waals surface area contributed by atoms with Gasteiger partial charge in [0, 0.05) is 18.2 Å². The maximum atomic E-state index is 10.9. The third-order valence-corrected chi connectivity index (χ3v) is 1.62. The summed E-state index contributed by atoms with van der Waals surface area (Å²) in [4.78, 5) is 35.6. The third kappa shape index (κ3) is 3.13. The van der Waals surface area contributed by atoms with Gasteiger partial charge in [0.05, 0.1) is 0 Å². The van der Waals surface area contributed by atoms with Crippen LogP contribution >= 0.6 is 0 Å². The van der Waals surface area contributed by atoms with Gasteiger partial charge in [-0.25, -0.2) is 19.4 Å². The van der Waals surface area contributed by atoms with Crippen LogP contribution in [-0.4, -0.2) is 33.1 Å². The molecule has 0 bridgehead atoms. The molecule has 0 radical (unpaired) electrons. The molecular weight excluding hydrogens is 230 g/mol. The van der Waals surface area contributed by atoms with E-state index in [-0.39, 0.29) is 5.75 Å². The van der Waals surface area contributed by atoms with Crippen molar-refractivity contribution in [3.05, 3.63) is 36.2 Å². The van der Waals surface area contributed by atoms with Gasteiger partial charge >= 0.3 is 17.9 Å². The van der Waals surface area contributed by atoms with Gasteiger partial charge in [0.15, 0.2) is 11.4 Å². The number of aromatic nitrogens is 1. The number of hydrogen-bond donors (Lipinski definition) is 2. The van der Waals surface area contributed by atoms with Crippen LogP contribution in [0.4, 0.5) is 0 Å². The summed E-state index contributed by atoms with van der Waals surface area (Å²) in [5, 5.41) is 17.4. The van der Waals surface area contributed by atoms with Crippen molar-refractivity contribution in [1.29, 1.82) is 0 Å².